The summed E-state index contributed by atoms with van der Waals surface area (Å²) in [5.41, 5.74) is 9.26. The van der Waals surface area contributed by atoms with Crippen molar-refractivity contribution < 1.29 is 0 Å². The number of hydrogen-bond acceptors (Lipinski definition) is 3. The Balaban J connectivity index is 2.22. The molecule has 1 aliphatic rings. The Labute approximate surface area is 101 Å². The van der Waals surface area contributed by atoms with E-state index < -0.39 is 0 Å². The van der Waals surface area contributed by atoms with Crippen LogP contribution in [0.2, 0.25) is 0 Å². The molecule has 0 aliphatic heterocycles. The molecule has 88 valence electrons. The van der Waals surface area contributed by atoms with Gasteiger partial charge in [-0.3, -0.25) is 0 Å². The van der Waals surface area contributed by atoms with Gasteiger partial charge < -0.3 is 5.73 Å². The van der Waals surface area contributed by atoms with Crippen LogP contribution in [0.1, 0.15) is 29.9 Å². The lowest BCUT2D eigenvalue weighted by Crippen LogP contribution is -2.22. The van der Waals surface area contributed by atoms with E-state index in [4.69, 9.17) is 10.7 Å². The van der Waals surface area contributed by atoms with Gasteiger partial charge in [0.25, 0.3) is 0 Å². The van der Waals surface area contributed by atoms with Crippen LogP contribution >= 0.6 is 0 Å². The van der Waals surface area contributed by atoms with Gasteiger partial charge in [0.05, 0.1) is 5.52 Å². The van der Waals surface area contributed by atoms with E-state index in [0.717, 1.165) is 35.3 Å². The zero-order chi connectivity index (χ0) is 12.0. The molecule has 0 amide bonds. The van der Waals surface area contributed by atoms with Gasteiger partial charge in [0.1, 0.15) is 5.82 Å². The predicted molar refractivity (Wildman–Crippen MR) is 69.0 cm³/mol. The van der Waals surface area contributed by atoms with Crippen molar-refractivity contribution in [2.24, 2.45) is 5.73 Å². The minimum absolute atomic E-state index is 0.0721. The number of hydrogen-bond donors (Lipinski definition) is 1. The van der Waals surface area contributed by atoms with Gasteiger partial charge in [-0.15, -0.1) is 0 Å². The van der Waals surface area contributed by atoms with Crippen molar-refractivity contribution in [3.8, 4) is 0 Å². The van der Waals surface area contributed by atoms with E-state index in [9.17, 15) is 0 Å². The Morgan fingerprint density at radius 3 is 2.65 bits per heavy atom. The summed E-state index contributed by atoms with van der Waals surface area (Å²) in [6.45, 7) is 4.80. The fraction of sp³-hybridized carbons (Fsp3) is 0.429. The van der Waals surface area contributed by atoms with Gasteiger partial charge in [0, 0.05) is 23.0 Å². The molecule has 2 N–H and O–H groups in total. The number of aryl methyl sites for hydroxylation is 2. The molecular formula is C14H17N3. The van der Waals surface area contributed by atoms with Crippen molar-refractivity contribution in [3.63, 3.8) is 0 Å². The third kappa shape index (κ3) is 1.62. The number of nitrogens with two attached hydrogens (primary N) is 1. The SMILES string of the molecule is Cc1ccc2c(C)nc(C3(CN)CC3)nc2c1. The molecule has 0 bridgehead atoms. The molecule has 1 aromatic carbocycles. The first-order valence-electron chi connectivity index (χ1n) is 6.10. The molecule has 3 heteroatoms. The monoisotopic (exact) mass is 227 g/mol. The molecule has 17 heavy (non-hydrogen) atoms. The van der Waals surface area contributed by atoms with E-state index in [-0.39, 0.29) is 5.41 Å². The first-order chi connectivity index (χ1) is 8.14. The van der Waals surface area contributed by atoms with Gasteiger partial charge in [-0.25, -0.2) is 9.97 Å². The van der Waals surface area contributed by atoms with Crippen molar-refractivity contribution in [1.82, 2.24) is 9.97 Å². The summed E-state index contributed by atoms with van der Waals surface area (Å²) in [6.07, 6.45) is 2.25. The van der Waals surface area contributed by atoms with Crippen LogP contribution in [0.15, 0.2) is 18.2 Å². The summed E-state index contributed by atoms with van der Waals surface area (Å²) in [5, 5.41) is 1.15. The van der Waals surface area contributed by atoms with E-state index in [1.165, 1.54) is 5.56 Å². The van der Waals surface area contributed by atoms with Crippen molar-refractivity contribution >= 4 is 10.9 Å². The molecule has 1 aliphatic carbocycles. The van der Waals surface area contributed by atoms with E-state index >= 15 is 0 Å². The van der Waals surface area contributed by atoms with Crippen LogP contribution < -0.4 is 5.73 Å². The predicted octanol–water partition coefficient (Wildman–Crippen LogP) is 2.24. The maximum absolute atomic E-state index is 5.84. The summed E-state index contributed by atoms with van der Waals surface area (Å²) in [7, 11) is 0. The van der Waals surface area contributed by atoms with Crippen molar-refractivity contribution in [1.29, 1.82) is 0 Å². The third-order valence-corrected chi connectivity index (χ3v) is 3.76. The zero-order valence-electron chi connectivity index (χ0n) is 10.3. The van der Waals surface area contributed by atoms with Crippen LogP contribution in [0.25, 0.3) is 10.9 Å². The van der Waals surface area contributed by atoms with E-state index in [1.54, 1.807) is 0 Å². The van der Waals surface area contributed by atoms with Gasteiger partial charge in [-0.05, 0) is 38.3 Å². The lowest BCUT2D eigenvalue weighted by molar-refractivity contribution is 0.650. The van der Waals surface area contributed by atoms with Crippen LogP contribution in [0.3, 0.4) is 0 Å². The maximum atomic E-state index is 5.84. The fourth-order valence-corrected chi connectivity index (χ4v) is 2.31. The van der Waals surface area contributed by atoms with Gasteiger partial charge >= 0.3 is 0 Å². The van der Waals surface area contributed by atoms with Crippen LogP contribution in [0, 0.1) is 13.8 Å². The van der Waals surface area contributed by atoms with Crippen LogP contribution in [-0.2, 0) is 5.41 Å². The Morgan fingerprint density at radius 2 is 2.00 bits per heavy atom. The van der Waals surface area contributed by atoms with E-state index in [2.05, 4.69) is 37.0 Å². The molecule has 1 heterocycles. The average Bonchev–Trinajstić information content (AvgIpc) is 3.09. The Hall–Kier alpha value is -1.48. The molecule has 1 aromatic heterocycles. The van der Waals surface area contributed by atoms with E-state index in [1.807, 2.05) is 0 Å². The highest BCUT2D eigenvalue weighted by Crippen LogP contribution is 2.45. The van der Waals surface area contributed by atoms with Crippen molar-refractivity contribution in [2.45, 2.75) is 32.1 Å². The molecule has 0 saturated heterocycles. The minimum Gasteiger partial charge on any atom is -0.329 e. The normalized spacial score (nSPS) is 17.4. The summed E-state index contributed by atoms with van der Waals surface area (Å²) >= 11 is 0. The first kappa shape index (κ1) is 10.7. The largest absolute Gasteiger partial charge is 0.329 e. The van der Waals surface area contributed by atoms with Crippen molar-refractivity contribution in [2.75, 3.05) is 6.54 Å². The number of benzene rings is 1. The molecule has 3 nitrogen and oxygen atoms in total. The third-order valence-electron chi connectivity index (χ3n) is 3.76. The van der Waals surface area contributed by atoms with Gasteiger partial charge in [-0.1, -0.05) is 12.1 Å². The topological polar surface area (TPSA) is 51.8 Å². The molecule has 0 unspecified atom stereocenters. The summed E-state index contributed by atoms with van der Waals surface area (Å²) in [4.78, 5) is 9.36. The highest BCUT2D eigenvalue weighted by molar-refractivity contribution is 5.81. The molecule has 0 spiro atoms. The van der Waals surface area contributed by atoms with Crippen molar-refractivity contribution in [3.05, 3.63) is 35.3 Å². The molecule has 1 fully saturated rings. The average molecular weight is 227 g/mol. The molecule has 3 rings (SSSR count). The highest BCUT2D eigenvalue weighted by atomic mass is 14.9. The number of fused-ring (bicyclic) bond motifs is 1. The number of nitrogens with zero attached hydrogens (tertiary/aromatic N) is 2. The highest BCUT2D eigenvalue weighted by Gasteiger charge is 2.46. The Bertz CT molecular complexity index is 585. The molecule has 2 aromatic rings. The quantitative estimate of drug-likeness (QED) is 0.856. The number of rotatable bonds is 2. The second kappa shape index (κ2) is 3.50. The van der Waals surface area contributed by atoms with Gasteiger partial charge in [0.15, 0.2) is 0 Å². The number of aromatic nitrogens is 2. The Morgan fingerprint density at radius 1 is 1.24 bits per heavy atom. The molecule has 0 atom stereocenters. The lowest BCUT2D eigenvalue weighted by Gasteiger charge is -2.13. The standard InChI is InChI=1S/C14H17N3/c1-9-3-4-11-10(2)16-13(17-12(11)7-9)14(8-15)5-6-14/h3-4,7H,5-6,8,15H2,1-2H3. The second-order valence-electron chi connectivity index (χ2n) is 5.14. The van der Waals surface area contributed by atoms with E-state index in [0.29, 0.717) is 6.54 Å². The summed E-state index contributed by atoms with van der Waals surface area (Å²) in [5.74, 6) is 0.940. The minimum atomic E-state index is 0.0721. The molecule has 1 saturated carbocycles. The van der Waals surface area contributed by atoms with Gasteiger partial charge in [0.2, 0.25) is 0 Å². The fourth-order valence-electron chi connectivity index (χ4n) is 2.31. The Kier molecular flexibility index (Phi) is 2.20. The van der Waals surface area contributed by atoms with Crippen LogP contribution in [-0.4, -0.2) is 16.5 Å². The van der Waals surface area contributed by atoms with Gasteiger partial charge in [-0.2, -0.15) is 0 Å². The maximum Gasteiger partial charge on any atom is 0.136 e. The van der Waals surface area contributed by atoms with Crippen LogP contribution in [0.5, 0.6) is 0 Å². The first-order valence-corrected chi connectivity index (χ1v) is 6.10. The summed E-state index contributed by atoms with van der Waals surface area (Å²) in [6, 6.07) is 6.33. The zero-order valence-corrected chi connectivity index (χ0v) is 10.3. The van der Waals surface area contributed by atoms with Crippen LogP contribution in [0.4, 0.5) is 0 Å². The summed E-state index contributed by atoms with van der Waals surface area (Å²) < 4.78 is 0. The second-order valence-corrected chi connectivity index (χ2v) is 5.14. The molecular weight excluding hydrogens is 210 g/mol. The lowest BCUT2D eigenvalue weighted by atomic mass is 10.1. The smallest absolute Gasteiger partial charge is 0.136 e. The molecule has 0 radical (unpaired) electrons.